The number of likely N-dealkylation sites (tertiary alicyclic amines) is 2. The number of benzene rings is 1. The van der Waals surface area contributed by atoms with Gasteiger partial charge in [-0.25, -0.2) is 4.99 Å². The van der Waals surface area contributed by atoms with Crippen LogP contribution >= 0.6 is 0 Å². The average Bonchev–Trinajstić information content (AvgIpc) is 3.15. The SMILES string of the molecule is Cc1cc2cc(NC(=N[C@H]3CCCCN(CC(=O)N4CCC(CCO)CC4)C3=O)NC#N)ccc2o1. The number of furan rings is 1. The van der Waals surface area contributed by atoms with E-state index in [2.05, 4.69) is 15.6 Å². The maximum atomic E-state index is 13.3. The molecule has 0 bridgehead atoms. The second-order valence-electron chi connectivity index (χ2n) is 9.56. The Balaban J connectivity index is 1.42. The number of rotatable bonds is 6. The minimum Gasteiger partial charge on any atom is -0.461 e. The predicted molar refractivity (Wildman–Crippen MR) is 136 cm³/mol. The third-order valence-electron chi connectivity index (χ3n) is 6.94. The van der Waals surface area contributed by atoms with E-state index in [4.69, 9.17) is 9.52 Å². The molecule has 2 fully saturated rings. The number of fused-ring (bicyclic) bond motifs is 1. The van der Waals surface area contributed by atoms with E-state index in [0.29, 0.717) is 37.7 Å². The van der Waals surface area contributed by atoms with Crippen LogP contribution in [0.25, 0.3) is 11.0 Å². The first-order valence-electron chi connectivity index (χ1n) is 12.6. The van der Waals surface area contributed by atoms with Crippen LogP contribution < -0.4 is 10.6 Å². The number of guanidine groups is 1. The molecule has 3 N–H and O–H groups in total. The zero-order valence-corrected chi connectivity index (χ0v) is 20.7. The fourth-order valence-corrected chi connectivity index (χ4v) is 4.97. The lowest BCUT2D eigenvalue weighted by Gasteiger charge is -2.33. The number of nitriles is 1. The van der Waals surface area contributed by atoms with Crippen molar-refractivity contribution in [1.82, 2.24) is 15.1 Å². The lowest BCUT2D eigenvalue weighted by atomic mass is 9.94. The van der Waals surface area contributed by atoms with E-state index >= 15 is 0 Å². The number of aliphatic hydroxyl groups is 1. The standard InChI is InChI=1S/C26H34N6O4/c1-18-14-20-15-21(5-6-23(20)36-18)29-26(28-17-27)30-22-4-2-3-10-32(25(22)35)16-24(34)31-11-7-19(8-12-31)9-13-33/h5-6,14-15,19,22,33H,2-4,7-13,16H2,1H3,(H2,28,29,30)/t22-/m0/s1. The fraction of sp³-hybridized carbons (Fsp3) is 0.538. The van der Waals surface area contributed by atoms with Crippen LogP contribution in [0.4, 0.5) is 5.69 Å². The summed E-state index contributed by atoms with van der Waals surface area (Å²) in [7, 11) is 0. The highest BCUT2D eigenvalue weighted by atomic mass is 16.3. The molecule has 1 aromatic heterocycles. The lowest BCUT2D eigenvalue weighted by molar-refractivity contribution is -0.141. The number of carbonyl (C=O) groups excluding carboxylic acids is 2. The van der Waals surface area contributed by atoms with Crippen molar-refractivity contribution in [1.29, 1.82) is 5.26 Å². The molecule has 0 saturated carbocycles. The van der Waals surface area contributed by atoms with Crippen molar-refractivity contribution < 1.29 is 19.1 Å². The molecule has 10 nitrogen and oxygen atoms in total. The molecule has 2 saturated heterocycles. The van der Waals surface area contributed by atoms with Crippen molar-refractivity contribution in [3.8, 4) is 6.19 Å². The van der Waals surface area contributed by atoms with Gasteiger partial charge in [0, 0.05) is 37.3 Å². The molecule has 0 aliphatic carbocycles. The Labute approximate surface area is 210 Å². The maximum Gasteiger partial charge on any atom is 0.247 e. The Morgan fingerprint density at radius 1 is 1.22 bits per heavy atom. The molecular formula is C26H34N6O4. The van der Waals surface area contributed by atoms with Crippen LogP contribution in [0, 0.1) is 24.3 Å². The summed E-state index contributed by atoms with van der Waals surface area (Å²) in [5, 5.41) is 25.0. The largest absolute Gasteiger partial charge is 0.461 e. The number of nitrogens with zero attached hydrogens (tertiary/aromatic N) is 4. The van der Waals surface area contributed by atoms with Crippen LogP contribution in [0.5, 0.6) is 0 Å². The summed E-state index contributed by atoms with van der Waals surface area (Å²) in [5.41, 5.74) is 1.48. The van der Waals surface area contributed by atoms with Crippen LogP contribution in [0.2, 0.25) is 0 Å². The summed E-state index contributed by atoms with van der Waals surface area (Å²) in [6.45, 7) is 3.94. The van der Waals surface area contributed by atoms with Gasteiger partial charge in [-0.1, -0.05) is 0 Å². The van der Waals surface area contributed by atoms with Crippen molar-refractivity contribution in [2.45, 2.75) is 51.5 Å². The van der Waals surface area contributed by atoms with Crippen LogP contribution in [-0.2, 0) is 9.59 Å². The topological polar surface area (TPSA) is 134 Å². The zero-order chi connectivity index (χ0) is 25.5. The van der Waals surface area contributed by atoms with E-state index in [9.17, 15) is 14.9 Å². The molecule has 0 spiro atoms. The summed E-state index contributed by atoms with van der Waals surface area (Å²) in [6, 6.07) is 6.80. The summed E-state index contributed by atoms with van der Waals surface area (Å²) >= 11 is 0. The van der Waals surface area contributed by atoms with Gasteiger partial charge in [0.05, 0.1) is 6.54 Å². The molecule has 2 aliphatic rings. The smallest absolute Gasteiger partial charge is 0.247 e. The van der Waals surface area contributed by atoms with Gasteiger partial charge >= 0.3 is 0 Å². The summed E-state index contributed by atoms with van der Waals surface area (Å²) < 4.78 is 5.61. The van der Waals surface area contributed by atoms with Gasteiger partial charge in [-0.15, -0.1) is 0 Å². The van der Waals surface area contributed by atoms with Gasteiger partial charge in [0.1, 0.15) is 17.4 Å². The molecule has 2 amide bonds. The van der Waals surface area contributed by atoms with Crippen LogP contribution in [-0.4, -0.2) is 71.5 Å². The molecule has 2 aliphatic heterocycles. The molecule has 2 aromatic rings. The van der Waals surface area contributed by atoms with Gasteiger partial charge in [0.15, 0.2) is 6.19 Å². The van der Waals surface area contributed by atoms with Crippen molar-refractivity contribution in [3.63, 3.8) is 0 Å². The minimum absolute atomic E-state index is 0.0421. The molecule has 1 aromatic carbocycles. The summed E-state index contributed by atoms with van der Waals surface area (Å²) in [5.74, 6) is 1.20. The Morgan fingerprint density at radius 2 is 2.03 bits per heavy atom. The molecule has 192 valence electrons. The fourth-order valence-electron chi connectivity index (χ4n) is 4.97. The number of piperidine rings is 1. The number of aryl methyl sites for hydroxylation is 1. The third kappa shape index (κ3) is 6.34. The van der Waals surface area contributed by atoms with E-state index in [-0.39, 0.29) is 30.9 Å². The normalized spacial score (nSPS) is 19.8. The number of anilines is 1. The highest BCUT2D eigenvalue weighted by Gasteiger charge is 2.31. The monoisotopic (exact) mass is 494 g/mol. The van der Waals surface area contributed by atoms with Gasteiger partial charge in [-0.3, -0.25) is 14.9 Å². The van der Waals surface area contributed by atoms with Crippen LogP contribution in [0.1, 0.15) is 44.3 Å². The maximum absolute atomic E-state index is 13.3. The number of hydrogen-bond acceptors (Lipinski definition) is 6. The Bertz CT molecular complexity index is 1140. The molecular weight excluding hydrogens is 460 g/mol. The van der Waals surface area contributed by atoms with E-state index in [0.717, 1.165) is 48.8 Å². The number of amides is 2. The van der Waals surface area contributed by atoms with Crippen LogP contribution in [0.15, 0.2) is 33.7 Å². The van der Waals surface area contributed by atoms with E-state index in [1.165, 1.54) is 0 Å². The molecule has 0 unspecified atom stereocenters. The number of hydrogen-bond donors (Lipinski definition) is 3. The average molecular weight is 495 g/mol. The van der Waals surface area contributed by atoms with Gasteiger partial charge in [-0.2, -0.15) is 5.26 Å². The van der Waals surface area contributed by atoms with Crippen LogP contribution in [0.3, 0.4) is 0 Å². The van der Waals surface area contributed by atoms with Crippen molar-refractivity contribution in [2.75, 3.05) is 38.1 Å². The Kier molecular flexibility index (Phi) is 8.44. The first-order chi connectivity index (χ1) is 17.5. The summed E-state index contributed by atoms with van der Waals surface area (Å²) in [6.07, 6.45) is 6.57. The van der Waals surface area contributed by atoms with E-state index < -0.39 is 6.04 Å². The molecule has 1 atom stereocenters. The molecule has 36 heavy (non-hydrogen) atoms. The van der Waals surface area contributed by atoms with Gasteiger partial charge in [0.25, 0.3) is 0 Å². The predicted octanol–water partition coefficient (Wildman–Crippen LogP) is 2.58. The molecule has 4 rings (SSSR count). The Morgan fingerprint density at radius 3 is 2.78 bits per heavy atom. The van der Waals surface area contributed by atoms with E-state index in [1.807, 2.05) is 42.3 Å². The quantitative estimate of drug-likeness (QED) is 0.243. The first kappa shape index (κ1) is 25.5. The first-order valence-corrected chi connectivity index (χ1v) is 12.6. The molecule has 3 heterocycles. The lowest BCUT2D eigenvalue weighted by Crippen LogP contribution is -2.47. The van der Waals surface area contributed by atoms with Crippen molar-refractivity contribution >= 4 is 34.4 Å². The second kappa shape index (κ2) is 11.9. The highest BCUT2D eigenvalue weighted by molar-refractivity contribution is 5.98. The number of nitrogens with one attached hydrogen (secondary N) is 2. The second-order valence-corrected chi connectivity index (χ2v) is 9.56. The minimum atomic E-state index is -0.682. The number of aliphatic imine (C=N–C) groups is 1. The zero-order valence-electron chi connectivity index (χ0n) is 20.7. The van der Waals surface area contributed by atoms with Crippen molar-refractivity contribution in [2.24, 2.45) is 10.9 Å². The Hall–Kier alpha value is -3.58. The van der Waals surface area contributed by atoms with Gasteiger partial charge < -0.3 is 24.6 Å². The highest BCUT2D eigenvalue weighted by Crippen LogP contribution is 2.23. The third-order valence-corrected chi connectivity index (χ3v) is 6.94. The van der Waals surface area contributed by atoms with E-state index in [1.54, 1.807) is 4.90 Å². The molecule has 0 radical (unpaired) electrons. The summed E-state index contributed by atoms with van der Waals surface area (Å²) in [4.78, 5) is 34.3. The van der Waals surface area contributed by atoms with Gasteiger partial charge in [0.2, 0.25) is 17.8 Å². The number of aliphatic hydroxyl groups excluding tert-OH is 1. The molecule has 10 heteroatoms. The van der Waals surface area contributed by atoms with Gasteiger partial charge in [-0.05, 0) is 75.6 Å². The van der Waals surface area contributed by atoms with Crippen molar-refractivity contribution in [3.05, 3.63) is 30.0 Å². The number of carbonyl (C=O) groups is 2.